The molecule has 0 bridgehead atoms. The third kappa shape index (κ3) is 4.68. The van der Waals surface area contributed by atoms with Crippen molar-refractivity contribution in [1.82, 2.24) is 19.7 Å². The molecule has 0 saturated carbocycles. The van der Waals surface area contributed by atoms with E-state index in [1.165, 1.54) is 4.90 Å². The Hall–Kier alpha value is -4.01. The van der Waals surface area contributed by atoms with E-state index in [0.29, 0.717) is 53.0 Å². The molecule has 1 aromatic carbocycles. The topological polar surface area (TPSA) is 138 Å². The van der Waals surface area contributed by atoms with Gasteiger partial charge in [0.2, 0.25) is 5.95 Å². The van der Waals surface area contributed by atoms with Gasteiger partial charge in [0.25, 0.3) is 0 Å². The summed E-state index contributed by atoms with van der Waals surface area (Å²) in [5.74, 6) is 0.966. The molecule has 2 N–H and O–H groups in total. The van der Waals surface area contributed by atoms with Crippen molar-refractivity contribution in [3.05, 3.63) is 47.3 Å². The third-order valence-corrected chi connectivity index (χ3v) is 6.71. The van der Waals surface area contributed by atoms with Crippen molar-refractivity contribution in [2.24, 2.45) is 0 Å². The molecule has 5 rings (SSSR count). The molecule has 0 saturated heterocycles. The lowest BCUT2D eigenvalue weighted by Gasteiger charge is -2.26. The molecule has 2 aliphatic heterocycles. The monoisotopic (exact) mass is 517 g/mol. The van der Waals surface area contributed by atoms with Gasteiger partial charge in [0, 0.05) is 29.8 Å². The maximum Gasteiger partial charge on any atom is 0.414 e. The predicted octanol–water partition coefficient (Wildman–Crippen LogP) is 4.05. The van der Waals surface area contributed by atoms with E-state index in [9.17, 15) is 15.2 Å². The SMILES string of the molecule is CC1OCCn2nc(Nc3nccc(-c4cc(C#N)c5c(c4)C(C)(CO)CN5C(=O)OC(C)(C)C)n3)cc21. The van der Waals surface area contributed by atoms with Crippen molar-refractivity contribution in [1.29, 1.82) is 5.26 Å². The first-order valence-electron chi connectivity index (χ1n) is 12.5. The number of benzene rings is 1. The molecule has 4 heterocycles. The zero-order valence-electron chi connectivity index (χ0n) is 22.1. The number of carbonyl (C=O) groups excluding carboxylic acids is 1. The van der Waals surface area contributed by atoms with Gasteiger partial charge in [0.1, 0.15) is 11.7 Å². The van der Waals surface area contributed by atoms with Crippen LogP contribution in [0.3, 0.4) is 0 Å². The summed E-state index contributed by atoms with van der Waals surface area (Å²) in [6.45, 7) is 10.5. The average molecular weight is 518 g/mol. The highest BCUT2D eigenvalue weighted by molar-refractivity contribution is 5.95. The predicted molar refractivity (Wildman–Crippen MR) is 140 cm³/mol. The van der Waals surface area contributed by atoms with Crippen LogP contribution < -0.4 is 10.2 Å². The maximum absolute atomic E-state index is 13.0. The van der Waals surface area contributed by atoms with E-state index >= 15 is 0 Å². The summed E-state index contributed by atoms with van der Waals surface area (Å²) in [4.78, 5) is 23.5. The van der Waals surface area contributed by atoms with Gasteiger partial charge in [0.05, 0.1) is 48.5 Å². The summed E-state index contributed by atoms with van der Waals surface area (Å²) < 4.78 is 13.2. The van der Waals surface area contributed by atoms with E-state index in [2.05, 4.69) is 26.5 Å². The van der Waals surface area contributed by atoms with Gasteiger partial charge < -0.3 is 19.9 Å². The fourth-order valence-electron chi connectivity index (χ4n) is 4.83. The molecule has 1 amide bonds. The Balaban J connectivity index is 1.50. The third-order valence-electron chi connectivity index (χ3n) is 6.71. The lowest BCUT2D eigenvalue weighted by molar-refractivity contribution is 0.0288. The van der Waals surface area contributed by atoms with Gasteiger partial charge in [-0.3, -0.25) is 9.58 Å². The van der Waals surface area contributed by atoms with Crippen LogP contribution in [0.4, 0.5) is 22.2 Å². The van der Waals surface area contributed by atoms with Crippen molar-refractivity contribution in [2.75, 3.05) is 30.0 Å². The Morgan fingerprint density at radius 3 is 2.84 bits per heavy atom. The van der Waals surface area contributed by atoms with Crippen LogP contribution in [0.15, 0.2) is 30.5 Å². The molecule has 0 radical (unpaired) electrons. The number of fused-ring (bicyclic) bond motifs is 2. The minimum absolute atomic E-state index is 0.0454. The maximum atomic E-state index is 13.0. The zero-order valence-corrected chi connectivity index (χ0v) is 22.1. The summed E-state index contributed by atoms with van der Waals surface area (Å²) in [7, 11) is 0. The average Bonchev–Trinajstić information content (AvgIpc) is 3.42. The smallest absolute Gasteiger partial charge is 0.414 e. The fourth-order valence-corrected chi connectivity index (χ4v) is 4.83. The van der Waals surface area contributed by atoms with Crippen LogP contribution in [-0.2, 0) is 21.4 Å². The number of hydrogen-bond acceptors (Lipinski definition) is 9. The summed E-state index contributed by atoms with van der Waals surface area (Å²) >= 11 is 0. The number of nitrogens with one attached hydrogen (secondary N) is 1. The Bertz CT molecular complexity index is 1440. The van der Waals surface area contributed by atoms with Crippen molar-refractivity contribution in [2.45, 2.75) is 58.3 Å². The number of rotatable bonds is 4. The van der Waals surface area contributed by atoms with Crippen LogP contribution in [0, 0.1) is 11.3 Å². The van der Waals surface area contributed by atoms with E-state index in [0.717, 1.165) is 5.69 Å². The van der Waals surface area contributed by atoms with Crippen LogP contribution in [0.2, 0.25) is 0 Å². The second kappa shape index (κ2) is 9.38. The number of aliphatic hydroxyl groups excluding tert-OH is 1. The highest BCUT2D eigenvalue weighted by Crippen LogP contribution is 2.45. The van der Waals surface area contributed by atoms with E-state index in [-0.39, 0.29) is 19.3 Å². The fraction of sp³-hybridized carbons (Fsp3) is 0.444. The number of amides is 1. The number of anilines is 3. The molecule has 3 aromatic rings. The van der Waals surface area contributed by atoms with Crippen LogP contribution >= 0.6 is 0 Å². The molecule has 2 unspecified atom stereocenters. The van der Waals surface area contributed by atoms with E-state index in [1.807, 2.05) is 30.7 Å². The molecule has 38 heavy (non-hydrogen) atoms. The molecule has 2 atom stereocenters. The van der Waals surface area contributed by atoms with E-state index in [4.69, 9.17) is 9.47 Å². The Morgan fingerprint density at radius 1 is 1.37 bits per heavy atom. The summed E-state index contributed by atoms with van der Waals surface area (Å²) in [5.41, 5.74) is 2.18. The Morgan fingerprint density at radius 2 is 2.16 bits per heavy atom. The van der Waals surface area contributed by atoms with Crippen LogP contribution in [0.5, 0.6) is 0 Å². The first-order chi connectivity index (χ1) is 18.0. The lowest BCUT2D eigenvalue weighted by atomic mass is 9.83. The summed E-state index contributed by atoms with van der Waals surface area (Å²) in [5, 5.41) is 28.1. The molecule has 2 aromatic heterocycles. The highest BCUT2D eigenvalue weighted by Gasteiger charge is 2.44. The number of hydrogen-bond donors (Lipinski definition) is 2. The van der Waals surface area contributed by atoms with Crippen LogP contribution in [-0.4, -0.2) is 56.3 Å². The normalized spacial score (nSPS) is 20.4. The van der Waals surface area contributed by atoms with E-state index < -0.39 is 17.1 Å². The molecule has 0 fully saturated rings. The number of aliphatic hydroxyl groups is 1. The minimum Gasteiger partial charge on any atom is -0.443 e. The van der Waals surface area contributed by atoms with Gasteiger partial charge in [0.15, 0.2) is 5.82 Å². The van der Waals surface area contributed by atoms with Crippen LogP contribution in [0.1, 0.15) is 57.5 Å². The first kappa shape index (κ1) is 25.6. The van der Waals surface area contributed by atoms with Gasteiger partial charge in [-0.05, 0) is 51.5 Å². The molecule has 198 valence electrons. The molecule has 0 aliphatic carbocycles. The highest BCUT2D eigenvalue weighted by atomic mass is 16.6. The number of aromatic nitrogens is 4. The van der Waals surface area contributed by atoms with Crippen molar-refractivity contribution >= 4 is 23.5 Å². The Labute approximate surface area is 221 Å². The van der Waals surface area contributed by atoms with Gasteiger partial charge in [-0.25, -0.2) is 14.8 Å². The van der Waals surface area contributed by atoms with Gasteiger partial charge in [-0.1, -0.05) is 6.92 Å². The molecule has 0 spiro atoms. The second-order valence-electron chi connectivity index (χ2n) is 10.9. The number of nitrogens with zero attached hydrogens (tertiary/aromatic N) is 6. The molecular formula is C27H31N7O4. The van der Waals surface area contributed by atoms with Crippen molar-refractivity contribution < 1.29 is 19.4 Å². The molecule has 11 heteroatoms. The standard InChI is InChI=1S/C27H31N7O4/c1-16-21-12-22(32-34(21)8-9-37-16)31-24-29-7-6-20(30-24)17-10-18(13-28)23-19(11-17)27(5,15-35)14-33(23)25(36)38-26(2,3)4/h6-7,10-12,16,35H,8-9,14-15H2,1-5H3,(H,29,30,31,32). The Kier molecular flexibility index (Phi) is 6.33. The number of nitriles is 1. The van der Waals surface area contributed by atoms with Crippen molar-refractivity contribution in [3.8, 4) is 17.3 Å². The van der Waals surface area contributed by atoms with Gasteiger partial charge in [-0.2, -0.15) is 10.4 Å². The number of carbonyl (C=O) groups is 1. The molecule has 11 nitrogen and oxygen atoms in total. The van der Waals surface area contributed by atoms with Crippen molar-refractivity contribution in [3.63, 3.8) is 0 Å². The largest absolute Gasteiger partial charge is 0.443 e. The first-order valence-corrected chi connectivity index (χ1v) is 12.5. The zero-order chi connectivity index (χ0) is 27.2. The van der Waals surface area contributed by atoms with Gasteiger partial charge in [-0.15, -0.1) is 0 Å². The minimum atomic E-state index is -0.782. The second-order valence-corrected chi connectivity index (χ2v) is 10.9. The quantitative estimate of drug-likeness (QED) is 0.525. The van der Waals surface area contributed by atoms with Gasteiger partial charge >= 0.3 is 6.09 Å². The molecule has 2 aliphatic rings. The summed E-state index contributed by atoms with van der Waals surface area (Å²) in [6, 6.07) is 9.45. The number of ether oxygens (including phenoxy) is 2. The van der Waals surface area contributed by atoms with E-state index in [1.54, 1.807) is 39.1 Å². The summed E-state index contributed by atoms with van der Waals surface area (Å²) in [6.07, 6.45) is 1.02. The molecular weight excluding hydrogens is 486 g/mol. The van der Waals surface area contributed by atoms with Crippen LogP contribution in [0.25, 0.3) is 11.3 Å². The lowest BCUT2D eigenvalue weighted by Crippen LogP contribution is -2.40.